The Labute approximate surface area is 107 Å². The number of halogens is 2. The summed E-state index contributed by atoms with van der Waals surface area (Å²) in [5, 5.41) is 0. The van der Waals surface area contributed by atoms with Crippen LogP contribution in [-0.4, -0.2) is 25.0 Å². The fourth-order valence-electron chi connectivity index (χ4n) is 2.15. The molecule has 4 heteroatoms. The highest BCUT2D eigenvalue weighted by atomic mass is 19.1. The van der Waals surface area contributed by atoms with E-state index in [4.69, 9.17) is 5.73 Å². The number of benzene rings is 1. The average Bonchev–Trinajstić information content (AvgIpc) is 3.08. The van der Waals surface area contributed by atoms with Gasteiger partial charge >= 0.3 is 0 Å². The third-order valence-electron chi connectivity index (χ3n) is 3.40. The van der Waals surface area contributed by atoms with Gasteiger partial charge in [-0.25, -0.2) is 8.78 Å². The Morgan fingerprint density at radius 1 is 1.28 bits per heavy atom. The van der Waals surface area contributed by atoms with Crippen molar-refractivity contribution >= 4 is 0 Å². The molecule has 0 amide bonds. The second-order valence-corrected chi connectivity index (χ2v) is 5.30. The van der Waals surface area contributed by atoms with E-state index in [1.165, 1.54) is 25.0 Å². The van der Waals surface area contributed by atoms with Gasteiger partial charge in [-0.1, -0.05) is 0 Å². The second-order valence-electron chi connectivity index (χ2n) is 5.30. The maximum Gasteiger partial charge on any atom is 0.126 e. The zero-order valence-electron chi connectivity index (χ0n) is 10.7. The minimum atomic E-state index is -0.563. The number of rotatable bonds is 6. The van der Waals surface area contributed by atoms with Crippen LogP contribution in [-0.2, 0) is 0 Å². The van der Waals surface area contributed by atoms with E-state index in [1.54, 1.807) is 0 Å². The van der Waals surface area contributed by atoms with E-state index in [9.17, 15) is 8.78 Å². The number of hydrogen-bond acceptors (Lipinski definition) is 2. The molecule has 0 heterocycles. The Balaban J connectivity index is 1.84. The Morgan fingerprint density at radius 3 is 2.44 bits per heavy atom. The molecule has 2 nitrogen and oxygen atoms in total. The fraction of sp³-hybridized carbons (Fsp3) is 0.571. The molecule has 1 aliphatic carbocycles. The summed E-state index contributed by atoms with van der Waals surface area (Å²) >= 11 is 0. The van der Waals surface area contributed by atoms with Gasteiger partial charge in [0.15, 0.2) is 0 Å². The molecular weight excluding hydrogens is 234 g/mol. The predicted octanol–water partition coefficient (Wildman–Crippen LogP) is 2.70. The summed E-state index contributed by atoms with van der Waals surface area (Å²) in [4.78, 5) is 2.24. The van der Waals surface area contributed by atoms with Crippen molar-refractivity contribution in [3.8, 4) is 0 Å². The van der Waals surface area contributed by atoms with Crippen molar-refractivity contribution in [3.05, 3.63) is 35.4 Å². The Bertz CT molecular complexity index is 385. The molecule has 0 aromatic heterocycles. The minimum absolute atomic E-state index is 0.308. The van der Waals surface area contributed by atoms with Crippen LogP contribution in [0.3, 0.4) is 0 Å². The zero-order chi connectivity index (χ0) is 13.1. The maximum atomic E-state index is 13.1. The van der Waals surface area contributed by atoms with Crippen LogP contribution in [0.4, 0.5) is 8.78 Å². The van der Waals surface area contributed by atoms with Crippen molar-refractivity contribution in [3.63, 3.8) is 0 Å². The molecule has 1 aromatic rings. The van der Waals surface area contributed by atoms with Gasteiger partial charge in [0.2, 0.25) is 0 Å². The lowest BCUT2D eigenvalue weighted by atomic mass is 10.0. The lowest BCUT2D eigenvalue weighted by Gasteiger charge is -2.19. The predicted molar refractivity (Wildman–Crippen MR) is 68.1 cm³/mol. The maximum absolute atomic E-state index is 13.1. The molecule has 1 aromatic carbocycles. The highest BCUT2D eigenvalue weighted by molar-refractivity contribution is 5.21. The molecule has 0 spiro atoms. The summed E-state index contributed by atoms with van der Waals surface area (Å²) in [7, 11) is 2.07. The van der Waals surface area contributed by atoms with Gasteiger partial charge in [-0.3, -0.25) is 0 Å². The van der Waals surface area contributed by atoms with Gasteiger partial charge in [-0.2, -0.15) is 0 Å². The molecule has 18 heavy (non-hydrogen) atoms. The molecular formula is C14H20F2N2. The van der Waals surface area contributed by atoms with Crippen molar-refractivity contribution in [2.45, 2.75) is 25.3 Å². The largest absolute Gasteiger partial charge is 0.324 e. The molecule has 1 fully saturated rings. The Morgan fingerprint density at radius 2 is 1.89 bits per heavy atom. The third kappa shape index (κ3) is 4.03. The summed E-state index contributed by atoms with van der Waals surface area (Å²) in [5.41, 5.74) is 6.50. The highest BCUT2D eigenvalue weighted by Gasteiger charge is 2.22. The molecule has 0 saturated heterocycles. The van der Waals surface area contributed by atoms with Crippen LogP contribution in [0.1, 0.15) is 30.9 Å². The molecule has 100 valence electrons. The Hall–Kier alpha value is -1.00. The summed E-state index contributed by atoms with van der Waals surface area (Å²) in [6.45, 7) is 1.96. The molecule has 1 atom stereocenters. The van der Waals surface area contributed by atoms with Crippen molar-refractivity contribution in [1.82, 2.24) is 4.90 Å². The molecule has 1 saturated carbocycles. The lowest BCUT2D eigenvalue weighted by Crippen LogP contribution is -2.25. The van der Waals surface area contributed by atoms with Crippen LogP contribution in [0.5, 0.6) is 0 Å². The quantitative estimate of drug-likeness (QED) is 0.845. The van der Waals surface area contributed by atoms with Crippen molar-refractivity contribution in [1.29, 1.82) is 0 Å². The van der Waals surface area contributed by atoms with Crippen LogP contribution >= 0.6 is 0 Å². The van der Waals surface area contributed by atoms with Gasteiger partial charge in [-0.05, 0) is 56.5 Å². The average molecular weight is 254 g/mol. The molecule has 2 N–H and O–H groups in total. The van der Waals surface area contributed by atoms with E-state index in [0.29, 0.717) is 12.0 Å². The van der Waals surface area contributed by atoms with E-state index in [1.807, 2.05) is 0 Å². The standard InChI is InChI=1S/C14H20F2N2/c1-18(9-10-2-3-10)5-4-14(17)11-6-12(15)8-13(16)7-11/h6-8,10,14H,2-5,9,17H2,1H3. The van der Waals surface area contributed by atoms with Crippen molar-refractivity contribution in [2.75, 3.05) is 20.1 Å². The summed E-state index contributed by atoms with van der Waals surface area (Å²) in [6, 6.07) is 3.19. The van der Waals surface area contributed by atoms with Gasteiger partial charge in [0.1, 0.15) is 11.6 Å². The molecule has 1 aliphatic rings. The van der Waals surface area contributed by atoms with Crippen molar-refractivity contribution < 1.29 is 8.78 Å². The smallest absolute Gasteiger partial charge is 0.126 e. The number of hydrogen-bond donors (Lipinski definition) is 1. The first-order valence-electron chi connectivity index (χ1n) is 6.44. The third-order valence-corrected chi connectivity index (χ3v) is 3.40. The van der Waals surface area contributed by atoms with Crippen molar-refractivity contribution in [2.24, 2.45) is 11.7 Å². The first kappa shape index (κ1) is 13.4. The second kappa shape index (κ2) is 5.76. The normalized spacial score (nSPS) is 17.2. The van der Waals surface area contributed by atoms with Crippen LogP contribution in [0.25, 0.3) is 0 Å². The van der Waals surface area contributed by atoms with Crippen LogP contribution < -0.4 is 5.73 Å². The molecule has 0 radical (unpaired) electrons. The summed E-state index contributed by atoms with van der Waals surface area (Å²) < 4.78 is 26.1. The fourth-order valence-corrected chi connectivity index (χ4v) is 2.15. The number of nitrogens with two attached hydrogens (primary N) is 1. The first-order chi connectivity index (χ1) is 8.54. The molecule has 0 aliphatic heterocycles. The summed E-state index contributed by atoms with van der Waals surface area (Å²) in [6.07, 6.45) is 3.36. The van der Waals surface area contributed by atoms with Gasteiger partial charge in [0, 0.05) is 18.7 Å². The van der Waals surface area contributed by atoms with Gasteiger partial charge in [-0.15, -0.1) is 0 Å². The topological polar surface area (TPSA) is 29.3 Å². The zero-order valence-corrected chi connectivity index (χ0v) is 10.7. The number of nitrogens with zero attached hydrogens (tertiary/aromatic N) is 1. The van der Waals surface area contributed by atoms with Crippen LogP contribution in [0.2, 0.25) is 0 Å². The van der Waals surface area contributed by atoms with Gasteiger partial charge < -0.3 is 10.6 Å². The van der Waals surface area contributed by atoms with E-state index in [0.717, 1.165) is 25.1 Å². The summed E-state index contributed by atoms with van der Waals surface area (Å²) in [5.74, 6) is -0.281. The van der Waals surface area contributed by atoms with E-state index in [-0.39, 0.29) is 6.04 Å². The van der Waals surface area contributed by atoms with Gasteiger partial charge in [0.05, 0.1) is 0 Å². The van der Waals surface area contributed by atoms with Gasteiger partial charge in [0.25, 0.3) is 0 Å². The molecule has 0 bridgehead atoms. The highest BCUT2D eigenvalue weighted by Crippen LogP contribution is 2.29. The molecule has 2 rings (SSSR count). The Kier molecular flexibility index (Phi) is 4.30. The monoisotopic (exact) mass is 254 g/mol. The van der Waals surface area contributed by atoms with E-state index in [2.05, 4.69) is 11.9 Å². The van der Waals surface area contributed by atoms with Crippen LogP contribution in [0.15, 0.2) is 18.2 Å². The van der Waals surface area contributed by atoms with Crippen LogP contribution in [0, 0.1) is 17.6 Å². The molecule has 1 unspecified atom stereocenters. The lowest BCUT2D eigenvalue weighted by molar-refractivity contribution is 0.306. The minimum Gasteiger partial charge on any atom is -0.324 e. The SMILES string of the molecule is CN(CCC(N)c1cc(F)cc(F)c1)CC1CC1. The van der Waals surface area contributed by atoms with E-state index >= 15 is 0 Å². The first-order valence-corrected chi connectivity index (χ1v) is 6.44. The van der Waals surface area contributed by atoms with E-state index < -0.39 is 11.6 Å².